The number of anilines is 2. The van der Waals surface area contributed by atoms with Gasteiger partial charge in [0.05, 0.1) is 16.9 Å². The molecule has 19 heavy (non-hydrogen) atoms. The van der Waals surface area contributed by atoms with Crippen molar-refractivity contribution in [3.05, 3.63) is 59.4 Å². The molecule has 2 aromatic carbocycles. The van der Waals surface area contributed by atoms with Gasteiger partial charge in [-0.1, -0.05) is 6.07 Å². The summed E-state index contributed by atoms with van der Waals surface area (Å²) < 4.78 is 39.4. The Kier molecular flexibility index (Phi) is 3.41. The molecule has 0 fully saturated rings. The summed E-state index contributed by atoms with van der Waals surface area (Å²) in [6, 6.07) is 6.57. The molecule has 0 radical (unpaired) electrons. The maximum atomic E-state index is 13.4. The summed E-state index contributed by atoms with van der Waals surface area (Å²) in [7, 11) is 0. The summed E-state index contributed by atoms with van der Waals surface area (Å²) in [6.07, 6.45) is 0. The summed E-state index contributed by atoms with van der Waals surface area (Å²) in [5, 5.41) is 2.22. The number of hydrogen-bond donors (Lipinski definition) is 2. The third-order valence-corrected chi connectivity index (χ3v) is 2.46. The highest BCUT2D eigenvalue weighted by molar-refractivity contribution is 6.05. The Balaban J connectivity index is 2.31. The molecule has 0 atom stereocenters. The predicted molar refractivity (Wildman–Crippen MR) is 65.1 cm³/mol. The first kappa shape index (κ1) is 12.9. The van der Waals surface area contributed by atoms with E-state index in [0.29, 0.717) is 0 Å². The summed E-state index contributed by atoms with van der Waals surface area (Å²) in [5.41, 5.74) is 5.16. The van der Waals surface area contributed by atoms with Crippen molar-refractivity contribution in [2.45, 2.75) is 0 Å². The van der Waals surface area contributed by atoms with E-state index >= 15 is 0 Å². The van der Waals surface area contributed by atoms with Crippen LogP contribution in [0.5, 0.6) is 0 Å². The van der Waals surface area contributed by atoms with Crippen LogP contribution in [0.15, 0.2) is 36.4 Å². The van der Waals surface area contributed by atoms with E-state index in [2.05, 4.69) is 5.32 Å². The Labute approximate surface area is 106 Å². The van der Waals surface area contributed by atoms with Crippen molar-refractivity contribution in [3.63, 3.8) is 0 Å². The number of halogens is 3. The second-order valence-electron chi connectivity index (χ2n) is 3.79. The molecule has 2 aromatic rings. The Morgan fingerprint density at radius 3 is 2.58 bits per heavy atom. The minimum Gasteiger partial charge on any atom is -0.397 e. The fourth-order valence-electron chi connectivity index (χ4n) is 1.51. The van der Waals surface area contributed by atoms with Crippen LogP contribution in [0.2, 0.25) is 0 Å². The van der Waals surface area contributed by atoms with Crippen LogP contribution in [0, 0.1) is 17.5 Å². The second kappa shape index (κ2) is 5.01. The number of nitrogens with one attached hydrogen (secondary N) is 1. The normalized spacial score (nSPS) is 10.3. The van der Waals surface area contributed by atoms with E-state index in [1.807, 2.05) is 0 Å². The van der Waals surface area contributed by atoms with Gasteiger partial charge in [-0.2, -0.15) is 0 Å². The Hall–Kier alpha value is -2.50. The number of rotatable bonds is 2. The fraction of sp³-hybridized carbons (Fsp3) is 0. The number of carbonyl (C=O) groups excluding carboxylic acids is 1. The zero-order chi connectivity index (χ0) is 14.0. The molecule has 0 heterocycles. The van der Waals surface area contributed by atoms with Crippen LogP contribution in [0.25, 0.3) is 0 Å². The molecule has 0 aliphatic rings. The zero-order valence-electron chi connectivity index (χ0n) is 9.58. The number of amides is 1. The SMILES string of the molecule is Nc1ccc(F)cc1NC(=O)c1cccc(F)c1F. The van der Waals surface area contributed by atoms with E-state index in [-0.39, 0.29) is 11.4 Å². The Bertz CT molecular complexity index is 644. The van der Waals surface area contributed by atoms with Gasteiger partial charge in [0.1, 0.15) is 5.82 Å². The van der Waals surface area contributed by atoms with E-state index in [0.717, 1.165) is 24.3 Å². The Morgan fingerprint density at radius 2 is 1.84 bits per heavy atom. The van der Waals surface area contributed by atoms with Crippen molar-refractivity contribution in [1.29, 1.82) is 0 Å². The number of nitrogens with two attached hydrogens (primary N) is 1. The van der Waals surface area contributed by atoms with Gasteiger partial charge in [0.2, 0.25) is 0 Å². The van der Waals surface area contributed by atoms with Crippen LogP contribution in [0.1, 0.15) is 10.4 Å². The third-order valence-electron chi connectivity index (χ3n) is 2.46. The maximum absolute atomic E-state index is 13.4. The third kappa shape index (κ3) is 2.67. The fourth-order valence-corrected chi connectivity index (χ4v) is 1.51. The molecule has 98 valence electrons. The van der Waals surface area contributed by atoms with Crippen molar-refractivity contribution in [2.24, 2.45) is 0 Å². The predicted octanol–water partition coefficient (Wildman–Crippen LogP) is 2.94. The molecule has 0 aliphatic carbocycles. The first-order chi connectivity index (χ1) is 8.99. The number of benzene rings is 2. The van der Waals surface area contributed by atoms with Crippen LogP contribution in [-0.2, 0) is 0 Å². The molecule has 3 nitrogen and oxygen atoms in total. The molecule has 0 bridgehead atoms. The highest BCUT2D eigenvalue weighted by atomic mass is 19.2. The molecular weight excluding hydrogens is 257 g/mol. The first-order valence-electron chi connectivity index (χ1n) is 5.29. The molecule has 2 rings (SSSR count). The Morgan fingerprint density at radius 1 is 1.11 bits per heavy atom. The van der Waals surface area contributed by atoms with E-state index < -0.39 is 28.9 Å². The van der Waals surface area contributed by atoms with E-state index in [1.165, 1.54) is 12.1 Å². The lowest BCUT2D eigenvalue weighted by Gasteiger charge is -2.09. The van der Waals surface area contributed by atoms with Gasteiger partial charge in [-0.05, 0) is 30.3 Å². The topological polar surface area (TPSA) is 55.1 Å². The van der Waals surface area contributed by atoms with Gasteiger partial charge in [-0.3, -0.25) is 4.79 Å². The molecule has 0 aliphatic heterocycles. The van der Waals surface area contributed by atoms with E-state index in [1.54, 1.807) is 0 Å². The standard InChI is InChI=1S/C13H9F3N2O/c14-7-4-5-10(17)11(6-7)18-13(19)8-2-1-3-9(15)12(8)16/h1-6H,17H2,(H,18,19). The lowest BCUT2D eigenvalue weighted by Crippen LogP contribution is -2.15. The average Bonchev–Trinajstić information content (AvgIpc) is 2.37. The molecule has 1 amide bonds. The number of nitrogen functional groups attached to an aromatic ring is 1. The summed E-state index contributed by atoms with van der Waals surface area (Å²) in [6.45, 7) is 0. The summed E-state index contributed by atoms with van der Waals surface area (Å²) in [4.78, 5) is 11.8. The van der Waals surface area contributed by atoms with Crippen molar-refractivity contribution in [3.8, 4) is 0 Å². The number of carbonyl (C=O) groups is 1. The van der Waals surface area contributed by atoms with Crippen molar-refractivity contribution in [1.82, 2.24) is 0 Å². The highest BCUT2D eigenvalue weighted by Crippen LogP contribution is 2.21. The largest absolute Gasteiger partial charge is 0.397 e. The monoisotopic (exact) mass is 266 g/mol. The van der Waals surface area contributed by atoms with Crippen LogP contribution >= 0.6 is 0 Å². The van der Waals surface area contributed by atoms with Gasteiger partial charge in [0.15, 0.2) is 11.6 Å². The summed E-state index contributed by atoms with van der Waals surface area (Å²) >= 11 is 0. The van der Waals surface area contributed by atoms with E-state index in [9.17, 15) is 18.0 Å². The molecule has 3 N–H and O–H groups in total. The van der Waals surface area contributed by atoms with Gasteiger partial charge < -0.3 is 11.1 Å². The number of hydrogen-bond acceptors (Lipinski definition) is 2. The van der Waals surface area contributed by atoms with Crippen molar-refractivity contribution >= 4 is 17.3 Å². The van der Waals surface area contributed by atoms with Crippen LogP contribution in [0.4, 0.5) is 24.5 Å². The van der Waals surface area contributed by atoms with Gasteiger partial charge in [-0.15, -0.1) is 0 Å². The van der Waals surface area contributed by atoms with Crippen molar-refractivity contribution in [2.75, 3.05) is 11.1 Å². The lowest BCUT2D eigenvalue weighted by atomic mass is 10.2. The van der Waals surface area contributed by atoms with Crippen LogP contribution in [-0.4, -0.2) is 5.91 Å². The lowest BCUT2D eigenvalue weighted by molar-refractivity contribution is 0.102. The molecule has 0 aromatic heterocycles. The molecule has 0 saturated carbocycles. The smallest absolute Gasteiger partial charge is 0.258 e. The summed E-state index contributed by atoms with van der Waals surface area (Å²) in [5.74, 6) is -3.92. The molecule has 0 spiro atoms. The van der Waals surface area contributed by atoms with Gasteiger partial charge in [0.25, 0.3) is 5.91 Å². The quantitative estimate of drug-likeness (QED) is 0.821. The zero-order valence-corrected chi connectivity index (χ0v) is 9.58. The van der Waals surface area contributed by atoms with Gasteiger partial charge in [0, 0.05) is 0 Å². The van der Waals surface area contributed by atoms with Crippen LogP contribution in [0.3, 0.4) is 0 Å². The first-order valence-corrected chi connectivity index (χ1v) is 5.29. The van der Waals surface area contributed by atoms with Gasteiger partial charge >= 0.3 is 0 Å². The van der Waals surface area contributed by atoms with Crippen molar-refractivity contribution < 1.29 is 18.0 Å². The molecule has 0 saturated heterocycles. The minimum absolute atomic E-state index is 0.00587. The molecule has 0 unspecified atom stereocenters. The highest BCUT2D eigenvalue weighted by Gasteiger charge is 2.16. The van der Waals surface area contributed by atoms with E-state index in [4.69, 9.17) is 5.73 Å². The second-order valence-corrected chi connectivity index (χ2v) is 3.79. The maximum Gasteiger partial charge on any atom is 0.258 e. The average molecular weight is 266 g/mol. The van der Waals surface area contributed by atoms with Gasteiger partial charge in [-0.25, -0.2) is 13.2 Å². The molecule has 6 heteroatoms. The van der Waals surface area contributed by atoms with Crippen LogP contribution < -0.4 is 11.1 Å². The minimum atomic E-state index is -1.27. The molecular formula is C13H9F3N2O.